The minimum Gasteiger partial charge on any atom is -0.386 e. The van der Waals surface area contributed by atoms with Gasteiger partial charge in [0.1, 0.15) is 6.10 Å². The van der Waals surface area contributed by atoms with Gasteiger partial charge in [0, 0.05) is 31.4 Å². The number of nitrogens with zero attached hydrogens (tertiary/aromatic N) is 3. The maximum atomic E-state index is 9.98. The Hall–Kier alpha value is -0.830. The molecule has 1 heterocycles. The molecule has 7 heteroatoms. The van der Waals surface area contributed by atoms with Crippen LogP contribution in [-0.2, 0) is 7.05 Å². The van der Waals surface area contributed by atoms with Gasteiger partial charge in [-0.3, -0.25) is 9.67 Å². The molecule has 1 aliphatic carbocycles. The molecule has 1 fully saturated rings. The largest absolute Gasteiger partial charge is 0.386 e. The molecule has 108 valence electrons. The van der Waals surface area contributed by atoms with Crippen LogP contribution in [-0.4, -0.2) is 40.0 Å². The van der Waals surface area contributed by atoms with Crippen molar-refractivity contribution in [3.05, 3.63) is 18.0 Å². The molecule has 1 atom stereocenters. The molecule has 6 nitrogen and oxygen atoms in total. The molecule has 1 aromatic rings. The quantitative estimate of drug-likeness (QED) is 0.402. The lowest BCUT2D eigenvalue weighted by molar-refractivity contribution is 0.187. The van der Waals surface area contributed by atoms with Crippen LogP contribution in [0.3, 0.4) is 0 Å². The van der Waals surface area contributed by atoms with E-state index in [4.69, 9.17) is 0 Å². The highest BCUT2D eigenvalue weighted by atomic mass is 127. The van der Waals surface area contributed by atoms with Gasteiger partial charge in [-0.15, -0.1) is 24.0 Å². The van der Waals surface area contributed by atoms with Gasteiger partial charge in [-0.1, -0.05) is 0 Å². The van der Waals surface area contributed by atoms with Crippen molar-refractivity contribution in [3.8, 4) is 0 Å². The molecule has 19 heavy (non-hydrogen) atoms. The molecule has 3 N–H and O–H groups in total. The highest BCUT2D eigenvalue weighted by Gasteiger charge is 2.22. The predicted octanol–water partition coefficient (Wildman–Crippen LogP) is 0.789. The molecule has 1 saturated carbocycles. The van der Waals surface area contributed by atoms with Gasteiger partial charge in [0.2, 0.25) is 0 Å². The Labute approximate surface area is 130 Å². The maximum absolute atomic E-state index is 9.98. The Morgan fingerprint density at radius 2 is 2.37 bits per heavy atom. The predicted molar refractivity (Wildman–Crippen MR) is 85.7 cm³/mol. The molecule has 2 rings (SSSR count). The highest BCUT2D eigenvalue weighted by molar-refractivity contribution is 14.0. The number of guanidine groups is 1. The second-order valence-electron chi connectivity index (χ2n) is 4.60. The van der Waals surface area contributed by atoms with Gasteiger partial charge in [0.05, 0.1) is 12.7 Å². The van der Waals surface area contributed by atoms with Gasteiger partial charge in [0.15, 0.2) is 5.96 Å². The maximum Gasteiger partial charge on any atom is 0.191 e. The lowest BCUT2D eigenvalue weighted by atomic mass is 10.2. The average Bonchev–Trinajstić information content (AvgIpc) is 3.05. The summed E-state index contributed by atoms with van der Waals surface area (Å²) in [7, 11) is 1.83. The molecular formula is C12H22IN5O. The lowest BCUT2D eigenvalue weighted by Gasteiger charge is -2.11. The molecular weight excluding hydrogens is 357 g/mol. The van der Waals surface area contributed by atoms with Crippen molar-refractivity contribution in [2.75, 3.05) is 13.1 Å². The normalized spacial score (nSPS) is 16.7. The number of hydrogen-bond acceptors (Lipinski definition) is 3. The monoisotopic (exact) mass is 379 g/mol. The molecule has 0 spiro atoms. The van der Waals surface area contributed by atoms with E-state index in [0.717, 1.165) is 18.1 Å². The van der Waals surface area contributed by atoms with Crippen molar-refractivity contribution in [2.45, 2.75) is 31.9 Å². The number of aromatic nitrogens is 2. The Kier molecular flexibility index (Phi) is 6.56. The smallest absolute Gasteiger partial charge is 0.191 e. The van der Waals surface area contributed by atoms with Crippen molar-refractivity contribution >= 4 is 29.9 Å². The summed E-state index contributed by atoms with van der Waals surface area (Å²) in [4.78, 5) is 4.39. The topological polar surface area (TPSA) is 74.5 Å². The molecule has 0 saturated heterocycles. The number of rotatable bonds is 5. The van der Waals surface area contributed by atoms with E-state index in [1.165, 1.54) is 12.8 Å². The van der Waals surface area contributed by atoms with Crippen LogP contribution in [0.15, 0.2) is 17.4 Å². The Balaban J connectivity index is 0.00000180. The van der Waals surface area contributed by atoms with E-state index in [0.29, 0.717) is 12.6 Å². The van der Waals surface area contributed by atoms with Crippen molar-refractivity contribution in [1.82, 2.24) is 20.4 Å². The van der Waals surface area contributed by atoms with Crippen molar-refractivity contribution in [2.24, 2.45) is 12.0 Å². The summed E-state index contributed by atoms with van der Waals surface area (Å²) in [5.74, 6) is 0.781. The van der Waals surface area contributed by atoms with E-state index in [2.05, 4.69) is 20.7 Å². The Morgan fingerprint density at radius 3 is 2.89 bits per heavy atom. The fourth-order valence-corrected chi connectivity index (χ4v) is 1.64. The molecule has 0 amide bonds. The third-order valence-corrected chi connectivity index (χ3v) is 2.79. The summed E-state index contributed by atoms with van der Waals surface area (Å²) in [6.07, 6.45) is 5.28. The van der Waals surface area contributed by atoms with E-state index in [1.807, 2.05) is 14.0 Å². The summed E-state index contributed by atoms with van der Waals surface area (Å²) >= 11 is 0. The molecule has 0 radical (unpaired) electrons. The minimum atomic E-state index is -0.603. The Morgan fingerprint density at radius 1 is 1.63 bits per heavy atom. The van der Waals surface area contributed by atoms with Gasteiger partial charge in [-0.2, -0.15) is 5.10 Å². The van der Waals surface area contributed by atoms with Gasteiger partial charge < -0.3 is 15.7 Å². The van der Waals surface area contributed by atoms with Crippen LogP contribution in [0.4, 0.5) is 0 Å². The number of aliphatic imine (C=N–C) groups is 1. The zero-order valence-corrected chi connectivity index (χ0v) is 13.7. The van der Waals surface area contributed by atoms with Crippen LogP contribution in [0, 0.1) is 0 Å². The van der Waals surface area contributed by atoms with E-state index in [1.54, 1.807) is 17.1 Å². The summed E-state index contributed by atoms with van der Waals surface area (Å²) in [5.41, 5.74) is 0.795. The third kappa shape index (κ3) is 5.35. The van der Waals surface area contributed by atoms with Gasteiger partial charge in [-0.25, -0.2) is 0 Å². The van der Waals surface area contributed by atoms with Gasteiger partial charge >= 0.3 is 0 Å². The first-order chi connectivity index (χ1) is 8.69. The van der Waals surface area contributed by atoms with Crippen molar-refractivity contribution in [3.63, 3.8) is 0 Å². The highest BCUT2D eigenvalue weighted by Crippen LogP contribution is 2.18. The van der Waals surface area contributed by atoms with Crippen molar-refractivity contribution in [1.29, 1.82) is 0 Å². The number of aliphatic hydroxyl groups is 1. The van der Waals surface area contributed by atoms with E-state index in [-0.39, 0.29) is 24.0 Å². The average molecular weight is 379 g/mol. The molecule has 0 bridgehead atoms. The first kappa shape index (κ1) is 16.2. The number of hydrogen-bond donors (Lipinski definition) is 3. The van der Waals surface area contributed by atoms with Crippen LogP contribution in [0.25, 0.3) is 0 Å². The molecule has 0 aromatic carbocycles. The van der Waals surface area contributed by atoms with E-state index in [9.17, 15) is 5.11 Å². The first-order valence-electron chi connectivity index (χ1n) is 6.40. The fourth-order valence-electron chi connectivity index (χ4n) is 1.64. The third-order valence-electron chi connectivity index (χ3n) is 2.79. The second kappa shape index (κ2) is 7.68. The molecule has 0 aliphatic heterocycles. The zero-order valence-electron chi connectivity index (χ0n) is 11.3. The summed E-state index contributed by atoms with van der Waals surface area (Å²) in [6.45, 7) is 3.19. The van der Waals surface area contributed by atoms with Crippen LogP contribution in [0.2, 0.25) is 0 Å². The van der Waals surface area contributed by atoms with Gasteiger partial charge in [-0.05, 0) is 19.8 Å². The SMILES string of the molecule is CCNC(=NCC(O)c1cnn(C)c1)NC1CC1.I. The molecule has 1 unspecified atom stereocenters. The second-order valence-corrected chi connectivity index (χ2v) is 4.60. The standard InChI is InChI=1S/C12H21N5O.HI/c1-3-13-12(16-10-4-5-10)14-7-11(18)9-6-15-17(2)8-9;/h6,8,10-11,18H,3-5,7H2,1-2H3,(H2,13,14,16);1H. The summed E-state index contributed by atoms with van der Waals surface area (Å²) in [6, 6.07) is 0.554. The van der Waals surface area contributed by atoms with Crippen LogP contribution >= 0.6 is 24.0 Å². The molecule has 1 aliphatic rings. The summed E-state index contributed by atoms with van der Waals surface area (Å²) in [5, 5.41) is 20.5. The van der Waals surface area contributed by atoms with Crippen LogP contribution in [0.5, 0.6) is 0 Å². The lowest BCUT2D eigenvalue weighted by Crippen LogP contribution is -2.38. The van der Waals surface area contributed by atoms with Crippen LogP contribution in [0.1, 0.15) is 31.4 Å². The Bertz CT molecular complexity index is 416. The van der Waals surface area contributed by atoms with E-state index < -0.39 is 6.10 Å². The summed E-state index contributed by atoms with van der Waals surface area (Å²) < 4.78 is 1.68. The number of nitrogens with one attached hydrogen (secondary N) is 2. The number of halogens is 1. The van der Waals surface area contributed by atoms with Crippen LogP contribution < -0.4 is 10.6 Å². The zero-order chi connectivity index (χ0) is 13.0. The van der Waals surface area contributed by atoms with Crippen molar-refractivity contribution < 1.29 is 5.11 Å². The van der Waals surface area contributed by atoms with Gasteiger partial charge in [0.25, 0.3) is 0 Å². The first-order valence-corrected chi connectivity index (χ1v) is 6.40. The molecule has 1 aromatic heterocycles. The van der Waals surface area contributed by atoms with E-state index >= 15 is 0 Å². The minimum absolute atomic E-state index is 0. The number of aryl methyl sites for hydroxylation is 1. The number of aliphatic hydroxyl groups excluding tert-OH is 1. The fraction of sp³-hybridized carbons (Fsp3) is 0.667.